The quantitative estimate of drug-likeness (QED) is 0.505. The first-order valence-electron chi connectivity index (χ1n) is 11.4. The van der Waals surface area contributed by atoms with E-state index < -0.39 is 0 Å². The molecule has 0 radical (unpaired) electrons. The lowest BCUT2D eigenvalue weighted by Crippen LogP contribution is -2.63. The van der Waals surface area contributed by atoms with Crippen molar-refractivity contribution in [1.29, 1.82) is 0 Å². The van der Waals surface area contributed by atoms with Crippen LogP contribution in [-0.2, 0) is 19.1 Å². The third kappa shape index (κ3) is 2.70. The minimum atomic E-state index is -0.380. The fourth-order valence-corrected chi connectivity index (χ4v) is 9.81. The molecule has 1 saturated heterocycles. The Hall–Kier alpha value is -0.460. The third-order valence-corrected chi connectivity index (χ3v) is 11.4. The molecule has 6 heteroatoms. The number of aliphatic hydroxyl groups is 1. The molecule has 5 fully saturated rings. The van der Waals surface area contributed by atoms with Gasteiger partial charge in [0.15, 0.2) is 5.78 Å². The zero-order valence-electron chi connectivity index (χ0n) is 17.5. The smallest absolute Gasteiger partial charge is 0.303 e. The Morgan fingerprint density at radius 1 is 1.17 bits per heavy atom. The van der Waals surface area contributed by atoms with Crippen molar-refractivity contribution in [1.82, 2.24) is 0 Å². The summed E-state index contributed by atoms with van der Waals surface area (Å²) >= 11 is 4.13. The number of carbonyl (C=O) groups is 2. The van der Waals surface area contributed by atoms with Crippen molar-refractivity contribution in [3.05, 3.63) is 0 Å². The Morgan fingerprint density at radius 2 is 1.97 bits per heavy atom. The normalized spacial score (nSPS) is 53.0. The first-order valence-corrected chi connectivity index (χ1v) is 12.2. The Kier molecular flexibility index (Phi) is 4.77. The largest absolute Gasteiger partial charge is 0.458 e. The molecule has 0 aromatic heterocycles. The molecule has 0 spiro atoms. The SMILES string of the molecule is CC(=O)OCC(=O)[C@H]1CCC2C3C[C@H]4OC[C@@]5(CC[C@H](O)C[C@]45Br)C3CC[C@@]21C. The van der Waals surface area contributed by atoms with Gasteiger partial charge in [-0.15, -0.1) is 0 Å². The van der Waals surface area contributed by atoms with Gasteiger partial charge in [-0.1, -0.05) is 22.9 Å². The van der Waals surface area contributed by atoms with E-state index in [4.69, 9.17) is 9.47 Å². The number of Topliss-reactive ketones (excluding diaryl/α,β-unsaturated/α-hetero) is 1. The molecular formula is C23H33BrO5. The second-order valence-electron chi connectivity index (χ2n) is 10.7. The van der Waals surface area contributed by atoms with Crippen molar-refractivity contribution in [2.45, 2.75) is 81.7 Å². The first-order chi connectivity index (χ1) is 13.7. The van der Waals surface area contributed by atoms with E-state index >= 15 is 0 Å². The molecule has 0 amide bonds. The summed E-state index contributed by atoms with van der Waals surface area (Å²) in [6.07, 6.45) is 7.89. The van der Waals surface area contributed by atoms with Crippen LogP contribution in [0.2, 0.25) is 0 Å². The molecule has 4 saturated carbocycles. The highest BCUT2D eigenvalue weighted by molar-refractivity contribution is 9.10. The maximum absolute atomic E-state index is 12.9. The van der Waals surface area contributed by atoms with Gasteiger partial charge in [0, 0.05) is 18.3 Å². The van der Waals surface area contributed by atoms with Gasteiger partial charge in [-0.05, 0) is 74.5 Å². The van der Waals surface area contributed by atoms with Gasteiger partial charge in [0.05, 0.1) is 23.1 Å². The fourth-order valence-electron chi connectivity index (χ4n) is 8.51. The number of carbonyl (C=O) groups excluding carboxylic acids is 2. The predicted octanol–water partition coefficient (Wildman–Crippen LogP) is 3.64. The summed E-state index contributed by atoms with van der Waals surface area (Å²) in [7, 11) is 0. The predicted molar refractivity (Wildman–Crippen MR) is 110 cm³/mol. The minimum Gasteiger partial charge on any atom is -0.458 e. The average Bonchev–Trinajstić information content (AvgIpc) is 3.08. The van der Waals surface area contributed by atoms with Crippen molar-refractivity contribution in [2.24, 2.45) is 34.5 Å². The number of fused-ring (bicyclic) bond motifs is 3. The van der Waals surface area contributed by atoms with Crippen LogP contribution in [0.5, 0.6) is 0 Å². The average molecular weight is 469 g/mol. The molecule has 3 unspecified atom stereocenters. The number of ketones is 1. The number of alkyl halides is 1. The van der Waals surface area contributed by atoms with Crippen LogP contribution in [0.1, 0.15) is 65.2 Å². The van der Waals surface area contributed by atoms with Crippen molar-refractivity contribution in [3.8, 4) is 0 Å². The number of esters is 1. The fraction of sp³-hybridized carbons (Fsp3) is 0.913. The van der Waals surface area contributed by atoms with Crippen molar-refractivity contribution in [2.75, 3.05) is 13.2 Å². The van der Waals surface area contributed by atoms with E-state index in [0.717, 1.165) is 58.0 Å². The van der Waals surface area contributed by atoms with Gasteiger partial charge in [-0.3, -0.25) is 9.59 Å². The number of rotatable bonds is 3. The number of ether oxygens (including phenoxy) is 2. The first kappa shape index (κ1) is 20.4. The molecule has 1 N–H and O–H groups in total. The van der Waals surface area contributed by atoms with Gasteiger partial charge in [0.25, 0.3) is 0 Å². The highest BCUT2D eigenvalue weighted by Crippen LogP contribution is 2.72. The maximum Gasteiger partial charge on any atom is 0.303 e. The van der Waals surface area contributed by atoms with Crippen LogP contribution in [0, 0.1) is 34.5 Å². The molecule has 4 aliphatic carbocycles. The van der Waals surface area contributed by atoms with Crippen LogP contribution in [0.3, 0.4) is 0 Å². The van der Waals surface area contributed by atoms with Crippen LogP contribution in [0.15, 0.2) is 0 Å². The van der Waals surface area contributed by atoms with Gasteiger partial charge in [-0.2, -0.15) is 0 Å². The third-order valence-electron chi connectivity index (χ3n) is 9.78. The zero-order chi connectivity index (χ0) is 20.6. The van der Waals surface area contributed by atoms with Gasteiger partial charge < -0.3 is 14.6 Å². The van der Waals surface area contributed by atoms with E-state index in [1.54, 1.807) is 0 Å². The van der Waals surface area contributed by atoms with Gasteiger partial charge >= 0.3 is 5.97 Å². The van der Waals surface area contributed by atoms with Crippen molar-refractivity contribution >= 4 is 27.7 Å². The van der Waals surface area contributed by atoms with Gasteiger partial charge in [0.2, 0.25) is 0 Å². The number of hydrogen-bond donors (Lipinski definition) is 1. The molecule has 5 aliphatic rings. The molecule has 0 aromatic rings. The summed E-state index contributed by atoms with van der Waals surface area (Å²) in [5.74, 6) is 1.47. The number of halogens is 1. The Morgan fingerprint density at radius 3 is 2.72 bits per heavy atom. The van der Waals surface area contributed by atoms with E-state index in [-0.39, 0.29) is 51.6 Å². The standard InChI is InChI=1S/C23H33BrO5/c1-13(25)28-11-19(27)18-4-3-16-15-9-20-23(24)10-14(26)5-8-22(23,12-29-20)17(15)6-7-21(16,18)2/h14-18,20,26H,3-12H2,1-2H3/t14-,15?,16?,17?,18+,20+,21-,22-,23-/m0/s1. The number of hydrogen-bond acceptors (Lipinski definition) is 5. The van der Waals surface area contributed by atoms with E-state index in [9.17, 15) is 14.7 Å². The van der Waals surface area contributed by atoms with E-state index in [2.05, 4.69) is 22.9 Å². The van der Waals surface area contributed by atoms with Crippen LogP contribution in [-0.4, -0.2) is 46.6 Å². The summed E-state index contributed by atoms with van der Waals surface area (Å²) in [6, 6.07) is 0. The Labute approximate surface area is 181 Å². The minimum absolute atomic E-state index is 0.00713. The Bertz CT molecular complexity index is 726. The van der Waals surface area contributed by atoms with Crippen LogP contribution in [0.4, 0.5) is 0 Å². The molecule has 5 rings (SSSR count). The molecule has 1 aliphatic heterocycles. The molecule has 2 bridgehead atoms. The van der Waals surface area contributed by atoms with E-state index in [1.807, 2.05) is 0 Å². The van der Waals surface area contributed by atoms with Gasteiger partial charge in [0.1, 0.15) is 6.61 Å². The second-order valence-corrected chi connectivity index (χ2v) is 12.2. The summed E-state index contributed by atoms with van der Waals surface area (Å²) in [6.45, 7) is 4.42. The maximum atomic E-state index is 12.9. The molecule has 1 heterocycles. The van der Waals surface area contributed by atoms with Crippen molar-refractivity contribution < 1.29 is 24.2 Å². The van der Waals surface area contributed by atoms with Crippen LogP contribution < -0.4 is 0 Å². The summed E-state index contributed by atoms with van der Waals surface area (Å²) in [5, 5.41) is 10.4. The zero-order valence-corrected chi connectivity index (χ0v) is 19.1. The summed E-state index contributed by atoms with van der Waals surface area (Å²) < 4.78 is 11.4. The molecule has 5 nitrogen and oxygen atoms in total. The molecule has 162 valence electrons. The Balaban J connectivity index is 1.41. The van der Waals surface area contributed by atoms with Crippen molar-refractivity contribution in [3.63, 3.8) is 0 Å². The lowest BCUT2D eigenvalue weighted by molar-refractivity contribution is -0.150. The summed E-state index contributed by atoms with van der Waals surface area (Å²) in [4.78, 5) is 24.1. The van der Waals surface area contributed by atoms with E-state index in [1.165, 1.54) is 6.92 Å². The second kappa shape index (κ2) is 6.77. The highest BCUT2D eigenvalue weighted by atomic mass is 79.9. The van der Waals surface area contributed by atoms with Crippen LogP contribution >= 0.6 is 15.9 Å². The molecular weight excluding hydrogens is 436 g/mol. The van der Waals surface area contributed by atoms with E-state index in [0.29, 0.717) is 17.8 Å². The van der Waals surface area contributed by atoms with Gasteiger partial charge in [-0.25, -0.2) is 0 Å². The highest BCUT2D eigenvalue weighted by Gasteiger charge is 2.72. The molecule has 9 atom stereocenters. The topological polar surface area (TPSA) is 72.8 Å². The van der Waals surface area contributed by atoms with Crippen LogP contribution in [0.25, 0.3) is 0 Å². The lowest BCUT2D eigenvalue weighted by atomic mass is 9.44. The monoisotopic (exact) mass is 468 g/mol. The molecule has 29 heavy (non-hydrogen) atoms. The molecule has 0 aromatic carbocycles. The summed E-state index contributed by atoms with van der Waals surface area (Å²) in [5.41, 5.74) is 0.135. The number of aliphatic hydroxyl groups excluding tert-OH is 1. The lowest BCUT2D eigenvalue weighted by Gasteiger charge is -2.62.